The van der Waals surface area contributed by atoms with Crippen LogP contribution in [0.25, 0.3) is 82.7 Å². The lowest BCUT2D eigenvalue weighted by Gasteiger charge is -2.23. The van der Waals surface area contributed by atoms with Gasteiger partial charge in [0.05, 0.1) is 11.0 Å². The van der Waals surface area contributed by atoms with Crippen molar-refractivity contribution >= 4 is 96.6 Å². The highest BCUT2D eigenvalue weighted by molar-refractivity contribution is 6.64. The summed E-state index contributed by atoms with van der Waals surface area (Å²) in [7, 11) is 25.2. The Morgan fingerprint density at radius 3 is 1.68 bits per heavy atom. The quantitative estimate of drug-likeness (QED) is 0.182. The average molecular weight is 628 g/mol. The first-order chi connectivity index (χ1) is 24.4. The molecule has 0 fully saturated rings. The van der Waals surface area contributed by atoms with Crippen LogP contribution in [0.5, 0.6) is 5.75 Å². The highest BCUT2D eigenvalue weighted by Gasteiger charge is 2.22. The average Bonchev–Trinajstić information content (AvgIpc) is 3.56. The number of rotatable bonds is 4. The third kappa shape index (κ3) is 4.54. The van der Waals surface area contributed by atoms with Gasteiger partial charge < -0.3 is 5.11 Å². The van der Waals surface area contributed by atoms with Gasteiger partial charge in [0, 0.05) is 22.4 Å². The van der Waals surface area contributed by atoms with E-state index >= 15 is 0 Å². The van der Waals surface area contributed by atoms with E-state index in [1.54, 1.807) is 0 Å². The molecule has 0 aliphatic rings. The van der Waals surface area contributed by atoms with Crippen LogP contribution in [-0.4, -0.2) is 46.0 Å². The molecule has 0 saturated heterocycles. The van der Waals surface area contributed by atoms with Gasteiger partial charge in [0.25, 0.3) is 0 Å². The Morgan fingerprint density at radius 2 is 1.00 bits per heavy atom. The molecule has 0 unspecified atom stereocenters. The Morgan fingerprint density at radius 1 is 0.460 bits per heavy atom. The minimum atomic E-state index is -0.184. The van der Waals surface area contributed by atoms with E-state index in [1.807, 2.05) is 42.5 Å². The highest BCUT2D eigenvalue weighted by Crippen LogP contribution is 2.45. The first-order valence-electron chi connectivity index (χ1n) is 16.4. The van der Waals surface area contributed by atoms with Crippen LogP contribution in [0.2, 0.25) is 0 Å². The Labute approximate surface area is 294 Å². The van der Waals surface area contributed by atoms with Crippen LogP contribution in [-0.2, 0) is 0 Å². The smallest absolute Gasteiger partial charge is 0.145 e. The second-order valence-electron chi connectivity index (χ2n) is 12.6. The van der Waals surface area contributed by atoms with Crippen molar-refractivity contribution in [3.8, 4) is 45.1 Å². The van der Waals surface area contributed by atoms with Crippen LogP contribution in [0.1, 0.15) is 0 Å². The number of aromatic hydroxyl groups is 1. The molecule has 1 N–H and O–H groups in total. The van der Waals surface area contributed by atoms with Gasteiger partial charge in [-0.15, -0.1) is 10.9 Å². The molecule has 1 heterocycles. The van der Waals surface area contributed by atoms with E-state index in [-0.39, 0.29) is 27.6 Å². The maximum absolute atomic E-state index is 11.3. The molecule has 8 radical (unpaired) electrons. The molecule has 7 heteroatoms. The monoisotopic (exact) mass is 628 g/mol. The summed E-state index contributed by atoms with van der Waals surface area (Å²) in [4.78, 5) is 5.12. The maximum atomic E-state index is 11.3. The SMILES string of the molecule is [B]c1c([B])c([B])c(-c2c3ccccc3c(-c3ccc(-c4nc5ccccc5n4-c4ccc5ccccc5c4)cc3)c3ccccc23)c(O)c1[B]. The van der Waals surface area contributed by atoms with Crippen molar-refractivity contribution in [2.45, 2.75) is 0 Å². The Kier molecular flexibility index (Phi) is 6.99. The van der Waals surface area contributed by atoms with E-state index in [0.29, 0.717) is 5.56 Å². The Hall–Kier alpha value is -5.93. The second kappa shape index (κ2) is 11.6. The van der Waals surface area contributed by atoms with Gasteiger partial charge in [-0.2, -0.15) is 0 Å². The number of nitrogens with zero attached hydrogens (tertiary/aromatic N) is 2. The number of hydrogen-bond acceptors (Lipinski definition) is 2. The number of fused-ring (bicyclic) bond motifs is 4. The van der Waals surface area contributed by atoms with E-state index < -0.39 is 0 Å². The van der Waals surface area contributed by atoms with Crippen molar-refractivity contribution in [1.82, 2.24) is 9.55 Å². The second-order valence-corrected chi connectivity index (χ2v) is 12.6. The molecule has 0 aliphatic heterocycles. The first-order valence-corrected chi connectivity index (χ1v) is 16.4. The van der Waals surface area contributed by atoms with E-state index in [1.165, 1.54) is 10.8 Å². The summed E-state index contributed by atoms with van der Waals surface area (Å²) >= 11 is 0. The van der Waals surface area contributed by atoms with E-state index in [4.69, 9.17) is 36.4 Å². The molecular weight excluding hydrogens is 604 g/mol. The molecule has 9 aromatic rings. The number of para-hydroxylation sites is 2. The van der Waals surface area contributed by atoms with E-state index in [2.05, 4.69) is 102 Å². The number of hydrogen-bond donors (Lipinski definition) is 1. The van der Waals surface area contributed by atoms with Crippen LogP contribution in [0.3, 0.4) is 0 Å². The van der Waals surface area contributed by atoms with E-state index in [0.717, 1.165) is 66.3 Å². The van der Waals surface area contributed by atoms with Crippen molar-refractivity contribution in [2.75, 3.05) is 0 Å². The van der Waals surface area contributed by atoms with Crippen LogP contribution in [0.15, 0.2) is 140 Å². The summed E-state index contributed by atoms with van der Waals surface area (Å²) in [5.74, 6) is 0.679. The van der Waals surface area contributed by atoms with Gasteiger partial charge in [0.2, 0.25) is 0 Å². The highest BCUT2D eigenvalue weighted by atomic mass is 16.3. The molecule has 9 rings (SSSR count). The van der Waals surface area contributed by atoms with Crippen molar-refractivity contribution in [3.05, 3.63) is 140 Å². The van der Waals surface area contributed by atoms with Gasteiger partial charge in [-0.1, -0.05) is 126 Å². The molecule has 0 spiro atoms. The molecule has 3 nitrogen and oxygen atoms in total. The maximum Gasteiger partial charge on any atom is 0.145 e. The number of aromatic nitrogens is 2. The molecule has 224 valence electrons. The van der Waals surface area contributed by atoms with Crippen LogP contribution >= 0.6 is 0 Å². The summed E-state index contributed by atoms with van der Waals surface area (Å²) < 4.78 is 2.23. The third-order valence-corrected chi connectivity index (χ3v) is 9.80. The fraction of sp³-hybridized carbons (Fsp3) is 0. The lowest BCUT2D eigenvalue weighted by molar-refractivity contribution is 0.482. The first kappa shape index (κ1) is 30.2. The number of phenols is 1. The summed E-state index contributed by atoms with van der Waals surface area (Å²) in [5, 5.41) is 17.5. The van der Waals surface area contributed by atoms with Crippen LogP contribution in [0.4, 0.5) is 0 Å². The molecule has 0 atom stereocenters. The van der Waals surface area contributed by atoms with Gasteiger partial charge >= 0.3 is 0 Å². The molecule has 0 amide bonds. The minimum absolute atomic E-state index is 0.00855. The predicted octanol–water partition coefficient (Wildman–Crippen LogP) is 6.37. The zero-order valence-corrected chi connectivity index (χ0v) is 26.9. The van der Waals surface area contributed by atoms with Crippen molar-refractivity contribution in [3.63, 3.8) is 0 Å². The summed E-state index contributed by atoms with van der Waals surface area (Å²) in [6.07, 6.45) is 0. The number of benzene rings is 8. The standard InChI is InChI=1S/C43H24B4N2O/c44-38-37(42(50)41(47)40(46)39(38)45)36-31-13-5-3-11-29(31)35(30-12-4-6-14-32(30)36)25-17-19-26(20-18-25)43-48-33-15-7-8-16-34(33)49(43)28-22-21-24-9-1-2-10-27(24)23-28/h1-23,50H. The van der Waals surface area contributed by atoms with Crippen LogP contribution < -0.4 is 21.9 Å². The molecule has 0 saturated carbocycles. The number of imidazole rings is 1. The zero-order valence-electron chi connectivity index (χ0n) is 26.9. The lowest BCUT2D eigenvalue weighted by Crippen LogP contribution is -2.48. The van der Waals surface area contributed by atoms with Gasteiger partial charge in [-0.25, -0.2) is 4.98 Å². The number of phenolic OH excluding ortho intramolecular Hbond substituents is 1. The van der Waals surface area contributed by atoms with Crippen molar-refractivity contribution in [2.24, 2.45) is 0 Å². The van der Waals surface area contributed by atoms with Gasteiger partial charge in [0.15, 0.2) is 0 Å². The Balaban J connectivity index is 1.25. The predicted molar refractivity (Wildman–Crippen MR) is 213 cm³/mol. The third-order valence-electron chi connectivity index (χ3n) is 9.80. The molecule has 8 aromatic carbocycles. The fourth-order valence-corrected chi connectivity index (χ4v) is 7.36. The topological polar surface area (TPSA) is 38.0 Å². The molecule has 1 aromatic heterocycles. The normalized spacial score (nSPS) is 11.6. The van der Waals surface area contributed by atoms with Gasteiger partial charge in [-0.3, -0.25) is 4.57 Å². The minimum Gasteiger partial charge on any atom is -0.508 e. The zero-order chi connectivity index (χ0) is 34.1. The fourth-order valence-electron chi connectivity index (χ4n) is 7.36. The summed E-state index contributed by atoms with van der Waals surface area (Å²) in [6.45, 7) is 0. The van der Waals surface area contributed by atoms with Crippen LogP contribution in [0, 0.1) is 0 Å². The van der Waals surface area contributed by atoms with Gasteiger partial charge in [-0.05, 0) is 67.7 Å². The molecule has 50 heavy (non-hydrogen) atoms. The molecule has 0 aliphatic carbocycles. The summed E-state index contributed by atoms with van der Waals surface area (Å²) in [6, 6.07) is 47.9. The largest absolute Gasteiger partial charge is 0.508 e. The lowest BCUT2D eigenvalue weighted by atomic mass is 9.63. The molecular formula is C43H24B4N2O. The van der Waals surface area contributed by atoms with Crippen molar-refractivity contribution in [1.29, 1.82) is 0 Å². The Bertz CT molecular complexity index is 2740. The van der Waals surface area contributed by atoms with E-state index in [9.17, 15) is 5.11 Å². The van der Waals surface area contributed by atoms with Crippen molar-refractivity contribution < 1.29 is 5.11 Å². The summed E-state index contributed by atoms with van der Waals surface area (Å²) in [5.41, 5.74) is 7.65. The van der Waals surface area contributed by atoms with Gasteiger partial charge in [0.1, 0.15) is 43.0 Å². The molecule has 0 bridgehead atoms.